The molecule has 0 radical (unpaired) electrons. The van der Waals surface area contributed by atoms with Crippen molar-refractivity contribution in [3.05, 3.63) is 66.7 Å². The van der Waals surface area contributed by atoms with Crippen LogP contribution in [-0.4, -0.2) is 130 Å². The van der Waals surface area contributed by atoms with E-state index in [4.69, 9.17) is 39.9 Å². The second kappa shape index (κ2) is 22.7. The van der Waals surface area contributed by atoms with Crippen molar-refractivity contribution in [3.63, 3.8) is 0 Å². The summed E-state index contributed by atoms with van der Waals surface area (Å²) in [6.45, 7) is -2.13. The maximum Gasteiger partial charge on any atom is 0.508 e. The van der Waals surface area contributed by atoms with Gasteiger partial charge in [-0.1, -0.05) is 42.5 Å². The molecule has 0 saturated carbocycles. The molecule has 0 aliphatic carbocycles. The van der Waals surface area contributed by atoms with E-state index in [-0.39, 0.29) is 43.7 Å². The monoisotopic (exact) mass is 861 g/mol. The standard InChI is InChI=1S/C38H51N7O14S/c1-37(22-46,31(47)54-20-17-42-34(49)44-26-10-6-5-7-11-26)23-57-36(51)59-25-38(2,32(48)55-19-16-41-33(39)40)24-58-35(50)56-21-18-43-60(52,53)30-15-9-12-27-28(30)13-8-14-29(27)45(3)4/h5-15,43,46H,16-25H2,1-4H3,(H4,39,40,41)(H2,42,44,49). The average molecular weight is 862 g/mol. The van der Waals surface area contributed by atoms with Gasteiger partial charge in [0.25, 0.3) is 0 Å². The molecule has 0 bridgehead atoms. The number of aliphatic imine (C=N–C) groups is 1. The number of rotatable bonds is 22. The van der Waals surface area contributed by atoms with Crippen LogP contribution in [0.25, 0.3) is 10.8 Å². The van der Waals surface area contributed by atoms with Crippen LogP contribution >= 0.6 is 0 Å². The second-order valence-electron chi connectivity index (χ2n) is 13.7. The number of esters is 2. The lowest BCUT2D eigenvalue weighted by molar-refractivity contribution is -0.161. The number of nitrogens with two attached hydrogens (primary N) is 2. The van der Waals surface area contributed by atoms with Crippen LogP contribution in [0.3, 0.4) is 0 Å². The number of carbonyl (C=O) groups is 5. The zero-order valence-electron chi connectivity index (χ0n) is 33.6. The van der Waals surface area contributed by atoms with Gasteiger partial charge in [-0.15, -0.1) is 0 Å². The molecule has 22 heteroatoms. The van der Waals surface area contributed by atoms with E-state index in [2.05, 4.69) is 20.3 Å². The SMILES string of the molecule is CN(C)c1cccc2c(S(=O)(=O)NCCOC(=O)OCC(C)(COC(=O)OCC(C)(CO)C(=O)OCCNC(=O)Nc3ccccc3)C(=O)OCCN=C(N)N)cccc12. The molecule has 3 rings (SSSR count). The van der Waals surface area contributed by atoms with Gasteiger partial charge >= 0.3 is 30.3 Å². The fourth-order valence-corrected chi connectivity index (χ4v) is 6.24. The first-order valence-electron chi connectivity index (χ1n) is 18.3. The fourth-order valence-electron chi connectivity index (χ4n) is 5.01. The van der Waals surface area contributed by atoms with Gasteiger partial charge in [0, 0.05) is 42.8 Å². The van der Waals surface area contributed by atoms with Gasteiger partial charge in [0.1, 0.15) is 50.5 Å². The highest BCUT2D eigenvalue weighted by molar-refractivity contribution is 7.89. The Labute approximate surface area is 346 Å². The van der Waals surface area contributed by atoms with E-state index in [0.29, 0.717) is 11.1 Å². The van der Waals surface area contributed by atoms with Gasteiger partial charge in [-0.3, -0.25) is 14.6 Å². The number of benzene rings is 3. The molecule has 328 valence electrons. The molecule has 0 aliphatic rings. The van der Waals surface area contributed by atoms with E-state index in [1.165, 1.54) is 19.9 Å². The number of aliphatic hydroxyl groups excluding tert-OH is 1. The Hall–Kier alpha value is -6.39. The minimum Gasteiger partial charge on any atom is -0.463 e. The van der Waals surface area contributed by atoms with Gasteiger partial charge in [0.05, 0.1) is 24.6 Å². The summed E-state index contributed by atoms with van der Waals surface area (Å²) < 4.78 is 59.3. The third-order valence-corrected chi connectivity index (χ3v) is 9.90. The second-order valence-corrected chi connectivity index (χ2v) is 15.5. The van der Waals surface area contributed by atoms with Crippen LogP contribution in [0.4, 0.5) is 25.8 Å². The van der Waals surface area contributed by atoms with E-state index in [0.717, 1.165) is 11.1 Å². The molecule has 2 amide bonds. The van der Waals surface area contributed by atoms with Crippen molar-refractivity contribution < 1.29 is 65.9 Å². The van der Waals surface area contributed by atoms with Crippen molar-refractivity contribution in [2.75, 3.05) is 90.2 Å². The smallest absolute Gasteiger partial charge is 0.463 e. The van der Waals surface area contributed by atoms with E-state index < -0.39 is 84.2 Å². The van der Waals surface area contributed by atoms with E-state index in [1.54, 1.807) is 54.6 Å². The first-order valence-corrected chi connectivity index (χ1v) is 19.8. The van der Waals surface area contributed by atoms with Crippen molar-refractivity contribution in [1.82, 2.24) is 10.0 Å². The summed E-state index contributed by atoms with van der Waals surface area (Å²) in [6, 6.07) is 18.2. The number of hydrogen-bond donors (Lipinski definition) is 6. The molecular weight excluding hydrogens is 811 g/mol. The molecule has 2 atom stereocenters. The van der Waals surface area contributed by atoms with Crippen LogP contribution < -0.4 is 31.7 Å². The van der Waals surface area contributed by atoms with Gasteiger partial charge < -0.3 is 60.5 Å². The van der Waals surface area contributed by atoms with Crippen molar-refractivity contribution in [1.29, 1.82) is 0 Å². The molecule has 21 nitrogen and oxygen atoms in total. The van der Waals surface area contributed by atoms with Crippen molar-refractivity contribution in [2.24, 2.45) is 27.3 Å². The lowest BCUT2D eigenvalue weighted by atomic mass is 9.93. The lowest BCUT2D eigenvalue weighted by Crippen LogP contribution is -2.42. The van der Waals surface area contributed by atoms with Crippen LogP contribution in [0.5, 0.6) is 0 Å². The van der Waals surface area contributed by atoms with Crippen LogP contribution in [0.1, 0.15) is 13.8 Å². The Kier molecular flexibility index (Phi) is 18.1. The topological polar surface area (TPSA) is 299 Å². The van der Waals surface area contributed by atoms with Gasteiger partial charge in [-0.25, -0.2) is 27.5 Å². The number of carbonyl (C=O) groups excluding carboxylic acids is 5. The highest BCUT2D eigenvalue weighted by Gasteiger charge is 2.40. The Morgan fingerprint density at radius 1 is 0.717 bits per heavy atom. The Morgan fingerprint density at radius 3 is 1.92 bits per heavy atom. The summed E-state index contributed by atoms with van der Waals surface area (Å²) in [6.07, 6.45) is -2.67. The first kappa shape index (κ1) is 48.0. The van der Waals surface area contributed by atoms with Crippen LogP contribution in [0.2, 0.25) is 0 Å². The summed E-state index contributed by atoms with van der Waals surface area (Å²) in [5.74, 6) is -2.22. The third-order valence-electron chi connectivity index (χ3n) is 8.38. The minimum absolute atomic E-state index is 0.0230. The number of urea groups is 1. The number of para-hydroxylation sites is 1. The largest absolute Gasteiger partial charge is 0.508 e. The lowest BCUT2D eigenvalue weighted by Gasteiger charge is -2.27. The van der Waals surface area contributed by atoms with Crippen molar-refractivity contribution >= 4 is 68.4 Å². The predicted molar refractivity (Wildman–Crippen MR) is 217 cm³/mol. The van der Waals surface area contributed by atoms with Crippen LogP contribution in [0, 0.1) is 10.8 Å². The molecule has 0 heterocycles. The minimum atomic E-state index is -4.05. The first-order chi connectivity index (χ1) is 28.4. The molecule has 60 heavy (non-hydrogen) atoms. The molecule has 2 unspecified atom stereocenters. The van der Waals surface area contributed by atoms with E-state index >= 15 is 0 Å². The number of fused-ring (bicyclic) bond motifs is 1. The van der Waals surface area contributed by atoms with Crippen molar-refractivity contribution in [2.45, 2.75) is 18.7 Å². The number of guanidine groups is 1. The summed E-state index contributed by atoms with van der Waals surface area (Å²) in [4.78, 5) is 68.6. The van der Waals surface area contributed by atoms with Gasteiger partial charge in [-0.2, -0.15) is 0 Å². The molecule has 3 aromatic rings. The quantitative estimate of drug-likeness (QED) is 0.0275. The Balaban J connectivity index is 1.51. The van der Waals surface area contributed by atoms with Crippen LogP contribution in [-0.2, 0) is 48.0 Å². The van der Waals surface area contributed by atoms with Crippen molar-refractivity contribution in [3.8, 4) is 0 Å². The molecule has 0 spiro atoms. The maximum atomic E-state index is 13.2. The molecule has 0 fully saturated rings. The maximum absolute atomic E-state index is 13.2. The Morgan fingerprint density at radius 2 is 1.28 bits per heavy atom. The molecule has 0 aliphatic heterocycles. The summed E-state index contributed by atoms with van der Waals surface area (Å²) in [7, 11) is -0.371. The highest BCUT2D eigenvalue weighted by atomic mass is 32.2. The summed E-state index contributed by atoms with van der Waals surface area (Å²) in [5.41, 5.74) is 8.34. The predicted octanol–water partition coefficient (Wildman–Crippen LogP) is 1.68. The van der Waals surface area contributed by atoms with Gasteiger partial charge in [0.2, 0.25) is 10.0 Å². The number of ether oxygens (including phenoxy) is 6. The fraction of sp³-hybridized carbons (Fsp3) is 0.421. The number of amides is 2. The third kappa shape index (κ3) is 14.8. The normalized spacial score (nSPS) is 13.0. The Bertz CT molecular complexity index is 2080. The molecule has 8 N–H and O–H groups in total. The number of nitrogens with one attached hydrogen (secondary N) is 3. The molecule has 0 saturated heterocycles. The van der Waals surface area contributed by atoms with Crippen LogP contribution in [0.15, 0.2) is 76.6 Å². The zero-order chi connectivity index (χ0) is 44.3. The molecule has 3 aromatic carbocycles. The molecular formula is C38H51N7O14S. The van der Waals surface area contributed by atoms with E-state index in [9.17, 15) is 37.5 Å². The summed E-state index contributed by atoms with van der Waals surface area (Å²) >= 11 is 0. The number of aliphatic hydroxyl groups is 1. The van der Waals surface area contributed by atoms with Gasteiger partial charge in [0.15, 0.2) is 5.96 Å². The van der Waals surface area contributed by atoms with E-state index in [1.807, 2.05) is 25.1 Å². The number of nitrogens with zero attached hydrogens (tertiary/aromatic N) is 2. The average Bonchev–Trinajstić information content (AvgIpc) is 3.22. The summed E-state index contributed by atoms with van der Waals surface area (Å²) in [5, 5.41) is 16.2. The highest BCUT2D eigenvalue weighted by Crippen LogP contribution is 2.30. The number of sulfonamides is 1. The van der Waals surface area contributed by atoms with Gasteiger partial charge in [-0.05, 0) is 38.1 Å². The number of hydrogen-bond acceptors (Lipinski definition) is 16. The zero-order valence-corrected chi connectivity index (χ0v) is 34.5. The number of anilines is 2. The molecule has 0 aromatic heterocycles.